The molecule has 0 aromatic heterocycles. The SMILES string of the molecule is CC(C)=CCCN1CCOC2OC21. The van der Waals surface area contributed by atoms with Gasteiger partial charge >= 0.3 is 0 Å². The number of nitrogens with zero attached hydrogens (tertiary/aromatic N) is 1. The molecule has 0 spiro atoms. The van der Waals surface area contributed by atoms with E-state index in [4.69, 9.17) is 9.47 Å². The normalized spacial score (nSPS) is 32.5. The van der Waals surface area contributed by atoms with Gasteiger partial charge in [0.15, 0.2) is 12.5 Å². The van der Waals surface area contributed by atoms with Gasteiger partial charge < -0.3 is 9.47 Å². The lowest BCUT2D eigenvalue weighted by molar-refractivity contribution is 0.0210. The van der Waals surface area contributed by atoms with E-state index in [9.17, 15) is 0 Å². The summed E-state index contributed by atoms with van der Waals surface area (Å²) in [5.74, 6) is 0. The molecule has 13 heavy (non-hydrogen) atoms. The van der Waals surface area contributed by atoms with Crippen molar-refractivity contribution >= 4 is 0 Å². The second kappa shape index (κ2) is 3.78. The van der Waals surface area contributed by atoms with Gasteiger partial charge in [-0.15, -0.1) is 0 Å². The molecule has 2 aliphatic rings. The lowest BCUT2D eigenvalue weighted by atomic mass is 10.2. The zero-order valence-electron chi connectivity index (χ0n) is 8.32. The number of fused-ring (bicyclic) bond motifs is 1. The summed E-state index contributed by atoms with van der Waals surface area (Å²) in [4.78, 5) is 2.35. The van der Waals surface area contributed by atoms with Gasteiger partial charge in [0.2, 0.25) is 0 Å². The minimum atomic E-state index is 0.0838. The fourth-order valence-electron chi connectivity index (χ4n) is 1.64. The van der Waals surface area contributed by atoms with E-state index >= 15 is 0 Å². The van der Waals surface area contributed by atoms with Gasteiger partial charge in [0.05, 0.1) is 6.61 Å². The quantitative estimate of drug-likeness (QED) is 0.488. The van der Waals surface area contributed by atoms with Gasteiger partial charge in [-0.25, -0.2) is 0 Å². The monoisotopic (exact) mass is 183 g/mol. The van der Waals surface area contributed by atoms with Crippen molar-refractivity contribution in [3.8, 4) is 0 Å². The minimum absolute atomic E-state index is 0.0838. The highest BCUT2D eigenvalue weighted by Gasteiger charge is 2.47. The Hall–Kier alpha value is -0.380. The van der Waals surface area contributed by atoms with Crippen molar-refractivity contribution in [1.29, 1.82) is 0 Å². The molecule has 0 radical (unpaired) electrons. The first kappa shape index (κ1) is 9.19. The van der Waals surface area contributed by atoms with E-state index in [2.05, 4.69) is 24.8 Å². The maximum atomic E-state index is 5.33. The van der Waals surface area contributed by atoms with E-state index < -0.39 is 0 Å². The molecule has 0 aliphatic carbocycles. The maximum absolute atomic E-state index is 5.33. The third-order valence-corrected chi connectivity index (χ3v) is 2.42. The van der Waals surface area contributed by atoms with Crippen LogP contribution in [0.25, 0.3) is 0 Å². The first-order valence-corrected chi connectivity index (χ1v) is 4.92. The van der Waals surface area contributed by atoms with Crippen LogP contribution < -0.4 is 0 Å². The summed E-state index contributed by atoms with van der Waals surface area (Å²) in [7, 11) is 0. The van der Waals surface area contributed by atoms with E-state index in [1.165, 1.54) is 5.57 Å². The number of hydrogen-bond acceptors (Lipinski definition) is 3. The van der Waals surface area contributed by atoms with Crippen molar-refractivity contribution in [2.24, 2.45) is 0 Å². The topological polar surface area (TPSA) is 25.0 Å². The molecule has 2 heterocycles. The van der Waals surface area contributed by atoms with Crippen LogP contribution in [-0.4, -0.2) is 37.1 Å². The Morgan fingerprint density at radius 1 is 1.54 bits per heavy atom. The molecule has 2 atom stereocenters. The number of hydrogen-bond donors (Lipinski definition) is 0. The minimum Gasteiger partial charge on any atom is -0.347 e. The van der Waals surface area contributed by atoms with Gasteiger partial charge in [-0.1, -0.05) is 11.6 Å². The number of ether oxygens (including phenoxy) is 2. The Bertz CT molecular complexity index is 211. The molecule has 3 nitrogen and oxygen atoms in total. The molecule has 2 unspecified atom stereocenters. The Balaban J connectivity index is 1.72. The fourth-order valence-corrected chi connectivity index (χ4v) is 1.64. The second-order valence-electron chi connectivity index (χ2n) is 3.87. The number of allylic oxidation sites excluding steroid dienone is 1. The van der Waals surface area contributed by atoms with Crippen LogP contribution in [0.2, 0.25) is 0 Å². The maximum Gasteiger partial charge on any atom is 0.199 e. The van der Waals surface area contributed by atoms with Crippen molar-refractivity contribution in [3.63, 3.8) is 0 Å². The Labute approximate surface area is 79.3 Å². The van der Waals surface area contributed by atoms with Gasteiger partial charge in [-0.2, -0.15) is 0 Å². The zero-order valence-corrected chi connectivity index (χ0v) is 8.32. The van der Waals surface area contributed by atoms with E-state index in [0.29, 0.717) is 0 Å². The summed E-state index contributed by atoms with van der Waals surface area (Å²) < 4.78 is 10.7. The van der Waals surface area contributed by atoms with Crippen molar-refractivity contribution < 1.29 is 9.47 Å². The predicted molar refractivity (Wildman–Crippen MR) is 50.2 cm³/mol. The standard InChI is InChI=1S/C10H17NO2/c1-8(2)4-3-5-11-6-7-12-10-9(11)13-10/h4,9-10H,3,5-7H2,1-2H3. The summed E-state index contributed by atoms with van der Waals surface area (Å²) >= 11 is 0. The number of morpholine rings is 1. The van der Waals surface area contributed by atoms with Crippen LogP contribution in [-0.2, 0) is 9.47 Å². The van der Waals surface area contributed by atoms with Gasteiger partial charge in [0.25, 0.3) is 0 Å². The van der Waals surface area contributed by atoms with E-state index in [1.807, 2.05) is 0 Å². The lowest BCUT2D eigenvalue weighted by Crippen LogP contribution is -2.37. The molecule has 0 saturated carbocycles. The van der Waals surface area contributed by atoms with Crippen LogP contribution in [0.15, 0.2) is 11.6 Å². The van der Waals surface area contributed by atoms with Crippen molar-refractivity contribution in [2.45, 2.75) is 32.8 Å². The van der Waals surface area contributed by atoms with Crippen molar-refractivity contribution in [1.82, 2.24) is 4.90 Å². The third kappa shape index (κ3) is 2.30. The Kier molecular flexibility index (Phi) is 2.67. The second-order valence-corrected chi connectivity index (χ2v) is 3.87. The van der Waals surface area contributed by atoms with Crippen LogP contribution in [0.1, 0.15) is 20.3 Å². The van der Waals surface area contributed by atoms with Gasteiger partial charge in [-0.05, 0) is 20.3 Å². The highest BCUT2D eigenvalue weighted by atomic mass is 16.8. The highest BCUT2D eigenvalue weighted by Crippen LogP contribution is 2.30. The molecule has 0 aromatic rings. The zero-order chi connectivity index (χ0) is 9.26. The number of epoxide rings is 1. The summed E-state index contributed by atoms with van der Waals surface area (Å²) in [6, 6.07) is 0. The molecule has 2 aliphatic heterocycles. The molecular formula is C10H17NO2. The van der Waals surface area contributed by atoms with E-state index in [1.54, 1.807) is 0 Å². The average Bonchev–Trinajstić information content (AvgIpc) is 2.82. The van der Waals surface area contributed by atoms with Crippen LogP contribution in [0.4, 0.5) is 0 Å². The van der Waals surface area contributed by atoms with Gasteiger partial charge in [-0.3, -0.25) is 4.90 Å². The van der Waals surface area contributed by atoms with Crippen LogP contribution in [0, 0.1) is 0 Å². The number of rotatable bonds is 3. The van der Waals surface area contributed by atoms with Crippen molar-refractivity contribution in [3.05, 3.63) is 11.6 Å². The molecule has 74 valence electrons. The van der Waals surface area contributed by atoms with Crippen LogP contribution in [0.5, 0.6) is 0 Å². The highest BCUT2D eigenvalue weighted by molar-refractivity contribution is 4.94. The van der Waals surface area contributed by atoms with Gasteiger partial charge in [0.1, 0.15) is 0 Å². The van der Waals surface area contributed by atoms with Gasteiger partial charge in [0, 0.05) is 13.1 Å². The molecule has 3 heteroatoms. The molecule has 2 saturated heterocycles. The molecule has 2 fully saturated rings. The Morgan fingerprint density at radius 2 is 2.38 bits per heavy atom. The Morgan fingerprint density at radius 3 is 3.15 bits per heavy atom. The summed E-state index contributed by atoms with van der Waals surface area (Å²) in [5.41, 5.74) is 1.39. The summed E-state index contributed by atoms with van der Waals surface area (Å²) in [5, 5.41) is 0. The average molecular weight is 183 g/mol. The molecule has 0 N–H and O–H groups in total. The summed E-state index contributed by atoms with van der Waals surface area (Å²) in [6.45, 7) is 7.19. The first-order chi connectivity index (χ1) is 6.27. The van der Waals surface area contributed by atoms with E-state index in [0.717, 1.165) is 26.1 Å². The first-order valence-electron chi connectivity index (χ1n) is 4.92. The molecule has 0 aromatic carbocycles. The lowest BCUT2D eigenvalue weighted by Gasteiger charge is -2.22. The largest absolute Gasteiger partial charge is 0.347 e. The summed E-state index contributed by atoms with van der Waals surface area (Å²) in [6.07, 6.45) is 3.74. The molecular weight excluding hydrogens is 166 g/mol. The fraction of sp³-hybridized carbons (Fsp3) is 0.800. The third-order valence-electron chi connectivity index (χ3n) is 2.42. The molecule has 0 bridgehead atoms. The molecule has 0 amide bonds. The van der Waals surface area contributed by atoms with Crippen LogP contribution >= 0.6 is 0 Å². The molecule has 2 rings (SSSR count). The predicted octanol–water partition coefficient (Wildman–Crippen LogP) is 1.36. The van der Waals surface area contributed by atoms with Crippen molar-refractivity contribution in [2.75, 3.05) is 19.7 Å². The van der Waals surface area contributed by atoms with E-state index in [-0.39, 0.29) is 12.5 Å². The smallest absolute Gasteiger partial charge is 0.199 e. The van der Waals surface area contributed by atoms with Crippen LogP contribution in [0.3, 0.4) is 0 Å².